The largest absolute Gasteiger partial charge is 0.370 e. The number of nitrogens with one attached hydrogen (secondary N) is 1. The second-order valence-electron chi connectivity index (χ2n) is 5.64. The van der Waals surface area contributed by atoms with Crippen LogP contribution in [0.5, 0.6) is 0 Å². The van der Waals surface area contributed by atoms with Crippen molar-refractivity contribution in [3.05, 3.63) is 29.8 Å². The quantitative estimate of drug-likeness (QED) is 0.905. The molecule has 1 aliphatic rings. The van der Waals surface area contributed by atoms with Crippen LogP contribution >= 0.6 is 11.8 Å². The topological polar surface area (TPSA) is 32.3 Å². The molecule has 1 saturated heterocycles. The van der Waals surface area contributed by atoms with E-state index in [1.54, 1.807) is 0 Å². The van der Waals surface area contributed by atoms with Gasteiger partial charge in [-0.25, -0.2) is 0 Å². The Morgan fingerprint density at radius 2 is 1.90 bits per heavy atom. The van der Waals surface area contributed by atoms with Gasteiger partial charge >= 0.3 is 0 Å². The smallest absolute Gasteiger partial charge is 0.220 e. The first-order valence-electron chi connectivity index (χ1n) is 7.33. The molecule has 1 aromatic rings. The fraction of sp³-hybridized carbons (Fsp3) is 0.562. The molecule has 0 radical (unpaired) electrons. The van der Waals surface area contributed by atoms with Gasteiger partial charge in [-0.15, -0.1) is 0 Å². The van der Waals surface area contributed by atoms with E-state index in [-0.39, 0.29) is 5.91 Å². The molecule has 3 nitrogen and oxygen atoms in total. The first kappa shape index (κ1) is 15.2. The van der Waals surface area contributed by atoms with Crippen LogP contribution in [0.1, 0.15) is 25.8 Å². The Kier molecular flexibility index (Phi) is 5.77. The van der Waals surface area contributed by atoms with Gasteiger partial charge in [-0.1, -0.05) is 26.0 Å². The zero-order valence-electron chi connectivity index (χ0n) is 12.4. The molecule has 0 saturated carbocycles. The second kappa shape index (κ2) is 7.58. The number of hydrogen-bond acceptors (Lipinski definition) is 3. The molecule has 4 heteroatoms. The number of amides is 1. The molecular weight excluding hydrogens is 268 g/mol. The Balaban J connectivity index is 1.83. The van der Waals surface area contributed by atoms with E-state index in [4.69, 9.17) is 0 Å². The monoisotopic (exact) mass is 292 g/mol. The summed E-state index contributed by atoms with van der Waals surface area (Å²) in [6.45, 7) is 7.02. The molecule has 1 aromatic carbocycles. The summed E-state index contributed by atoms with van der Waals surface area (Å²) in [6, 6.07) is 8.57. The number of thioether (sulfide) groups is 1. The Morgan fingerprint density at radius 3 is 2.50 bits per heavy atom. The third kappa shape index (κ3) is 4.75. The summed E-state index contributed by atoms with van der Waals surface area (Å²) in [5.41, 5.74) is 2.46. The first-order valence-corrected chi connectivity index (χ1v) is 8.49. The average molecular weight is 292 g/mol. The molecular formula is C16H24N2OS. The van der Waals surface area contributed by atoms with Crippen molar-refractivity contribution in [2.24, 2.45) is 5.92 Å². The number of carbonyl (C=O) groups excluding carboxylic acids is 1. The highest BCUT2D eigenvalue weighted by Gasteiger charge is 2.11. The van der Waals surface area contributed by atoms with Gasteiger partial charge in [-0.2, -0.15) is 11.8 Å². The van der Waals surface area contributed by atoms with Crippen LogP contribution < -0.4 is 10.2 Å². The predicted molar refractivity (Wildman–Crippen MR) is 87.3 cm³/mol. The molecule has 0 aliphatic carbocycles. The van der Waals surface area contributed by atoms with Crippen molar-refractivity contribution in [3.63, 3.8) is 0 Å². The Bertz CT molecular complexity index is 425. The van der Waals surface area contributed by atoms with E-state index >= 15 is 0 Å². The summed E-state index contributed by atoms with van der Waals surface area (Å²) >= 11 is 2.02. The van der Waals surface area contributed by atoms with Crippen molar-refractivity contribution in [2.45, 2.75) is 26.8 Å². The van der Waals surface area contributed by atoms with Crippen LogP contribution in [0, 0.1) is 5.92 Å². The standard InChI is InChI=1S/C16H24N2OS/c1-13(2)11-16(19)17-12-14-3-5-15(6-4-14)18-7-9-20-10-8-18/h3-6,13H,7-12H2,1-2H3,(H,17,19). The second-order valence-corrected chi connectivity index (χ2v) is 6.87. The molecule has 0 unspecified atom stereocenters. The molecule has 1 aliphatic heterocycles. The van der Waals surface area contributed by atoms with Crippen LogP contribution in [-0.4, -0.2) is 30.5 Å². The first-order chi connectivity index (χ1) is 9.65. The molecule has 1 N–H and O–H groups in total. The van der Waals surface area contributed by atoms with E-state index in [0.717, 1.165) is 18.7 Å². The zero-order chi connectivity index (χ0) is 14.4. The van der Waals surface area contributed by atoms with Crippen molar-refractivity contribution in [1.82, 2.24) is 5.32 Å². The normalized spacial score (nSPS) is 15.4. The molecule has 0 aromatic heterocycles. The molecule has 1 fully saturated rings. The fourth-order valence-electron chi connectivity index (χ4n) is 2.29. The number of carbonyl (C=O) groups is 1. The zero-order valence-corrected chi connectivity index (χ0v) is 13.2. The summed E-state index contributed by atoms with van der Waals surface area (Å²) in [7, 11) is 0. The van der Waals surface area contributed by atoms with Gasteiger partial charge in [0.2, 0.25) is 5.91 Å². The van der Waals surface area contributed by atoms with Crippen molar-refractivity contribution < 1.29 is 4.79 Å². The molecule has 1 amide bonds. The Morgan fingerprint density at radius 1 is 1.25 bits per heavy atom. The lowest BCUT2D eigenvalue weighted by atomic mass is 10.1. The van der Waals surface area contributed by atoms with Gasteiger partial charge < -0.3 is 10.2 Å². The Labute approximate surface area is 126 Å². The summed E-state index contributed by atoms with van der Waals surface area (Å²) in [4.78, 5) is 14.0. The van der Waals surface area contributed by atoms with Gasteiger partial charge in [0, 0.05) is 43.2 Å². The number of hydrogen-bond donors (Lipinski definition) is 1. The van der Waals surface area contributed by atoms with Crippen LogP contribution in [0.2, 0.25) is 0 Å². The number of rotatable bonds is 5. The van der Waals surface area contributed by atoms with Gasteiger partial charge in [0.05, 0.1) is 0 Å². The van der Waals surface area contributed by atoms with E-state index in [9.17, 15) is 4.79 Å². The SMILES string of the molecule is CC(C)CC(=O)NCc1ccc(N2CCSCC2)cc1. The predicted octanol–water partition coefficient (Wildman–Crippen LogP) is 2.90. The summed E-state index contributed by atoms with van der Waals surface area (Å²) in [5.74, 6) is 2.98. The maximum atomic E-state index is 11.6. The van der Waals surface area contributed by atoms with Gasteiger partial charge in [-0.3, -0.25) is 4.79 Å². The molecule has 20 heavy (non-hydrogen) atoms. The van der Waals surface area contributed by atoms with Crippen molar-refractivity contribution in [3.8, 4) is 0 Å². The number of benzene rings is 1. The van der Waals surface area contributed by atoms with Crippen LogP contribution in [-0.2, 0) is 11.3 Å². The number of nitrogens with zero attached hydrogens (tertiary/aromatic N) is 1. The van der Waals surface area contributed by atoms with Crippen molar-refractivity contribution in [2.75, 3.05) is 29.5 Å². The molecule has 1 heterocycles. The third-order valence-electron chi connectivity index (χ3n) is 3.40. The maximum absolute atomic E-state index is 11.6. The number of anilines is 1. The van der Waals surface area contributed by atoms with Crippen LogP contribution in [0.4, 0.5) is 5.69 Å². The van der Waals surface area contributed by atoms with Gasteiger partial charge in [0.1, 0.15) is 0 Å². The minimum Gasteiger partial charge on any atom is -0.370 e. The van der Waals surface area contributed by atoms with E-state index in [0.29, 0.717) is 18.9 Å². The summed E-state index contributed by atoms with van der Waals surface area (Å²) in [6.07, 6.45) is 0.601. The minimum atomic E-state index is 0.136. The fourth-order valence-corrected chi connectivity index (χ4v) is 3.19. The lowest BCUT2D eigenvalue weighted by Gasteiger charge is -2.28. The van der Waals surface area contributed by atoms with Gasteiger partial charge in [0.15, 0.2) is 0 Å². The molecule has 0 spiro atoms. The molecule has 2 rings (SSSR count). The Hall–Kier alpha value is -1.16. The third-order valence-corrected chi connectivity index (χ3v) is 4.34. The van der Waals surface area contributed by atoms with Crippen LogP contribution in [0.3, 0.4) is 0 Å². The van der Waals surface area contributed by atoms with Crippen molar-refractivity contribution in [1.29, 1.82) is 0 Å². The van der Waals surface area contributed by atoms with Gasteiger partial charge in [-0.05, 0) is 23.6 Å². The van der Waals surface area contributed by atoms with E-state index in [1.807, 2.05) is 11.8 Å². The lowest BCUT2D eigenvalue weighted by Crippen LogP contribution is -2.32. The molecule has 110 valence electrons. The van der Waals surface area contributed by atoms with Crippen molar-refractivity contribution >= 4 is 23.4 Å². The lowest BCUT2D eigenvalue weighted by molar-refractivity contribution is -0.121. The molecule has 0 bridgehead atoms. The summed E-state index contributed by atoms with van der Waals surface area (Å²) in [5, 5.41) is 2.97. The highest BCUT2D eigenvalue weighted by atomic mass is 32.2. The summed E-state index contributed by atoms with van der Waals surface area (Å²) < 4.78 is 0. The highest BCUT2D eigenvalue weighted by molar-refractivity contribution is 7.99. The maximum Gasteiger partial charge on any atom is 0.220 e. The average Bonchev–Trinajstić information content (AvgIpc) is 2.46. The minimum absolute atomic E-state index is 0.136. The highest BCUT2D eigenvalue weighted by Crippen LogP contribution is 2.19. The molecule has 0 atom stereocenters. The van der Waals surface area contributed by atoms with E-state index in [1.165, 1.54) is 17.2 Å². The van der Waals surface area contributed by atoms with Crippen LogP contribution in [0.25, 0.3) is 0 Å². The van der Waals surface area contributed by atoms with E-state index in [2.05, 4.69) is 48.3 Å². The van der Waals surface area contributed by atoms with E-state index < -0.39 is 0 Å². The van der Waals surface area contributed by atoms with Gasteiger partial charge in [0.25, 0.3) is 0 Å². The van der Waals surface area contributed by atoms with Crippen LogP contribution in [0.15, 0.2) is 24.3 Å².